The first-order chi connectivity index (χ1) is 38.4. The number of ether oxygens (including phenoxy) is 4. The second-order valence-corrected chi connectivity index (χ2v) is 20.8. The van der Waals surface area contributed by atoms with Crippen molar-refractivity contribution in [1.82, 2.24) is 49.6 Å². The number of phenolic OH excluding ortho intramolecular Hbond substituents is 1. The second-order valence-electron chi connectivity index (χ2n) is 20.8. The van der Waals surface area contributed by atoms with E-state index >= 15 is 4.39 Å². The molecule has 2 bridgehead atoms. The highest BCUT2D eigenvalue weighted by atomic mass is 19.1. The van der Waals surface area contributed by atoms with Gasteiger partial charge in [0.05, 0.1) is 49.0 Å². The number of alkyl halides is 1. The van der Waals surface area contributed by atoms with Gasteiger partial charge in [-0.3, -0.25) is 24.1 Å². The molecular formula is C56H59F3N14O6. The number of hydrogen-bond acceptors (Lipinski definition) is 18. The van der Waals surface area contributed by atoms with Crippen molar-refractivity contribution in [2.24, 2.45) is 4.99 Å². The number of anilines is 3. The van der Waals surface area contributed by atoms with Crippen molar-refractivity contribution in [3.05, 3.63) is 83.4 Å². The quantitative estimate of drug-likeness (QED) is 0.0888. The van der Waals surface area contributed by atoms with Crippen molar-refractivity contribution < 1.29 is 42.0 Å². The number of terminal acetylenes is 1. The van der Waals surface area contributed by atoms with Gasteiger partial charge in [0.1, 0.15) is 52.7 Å². The number of aromatic hydroxyl groups is 1. The summed E-state index contributed by atoms with van der Waals surface area (Å²) in [4.78, 5) is 49.9. The molecule has 4 aromatic heterocycles. The van der Waals surface area contributed by atoms with Gasteiger partial charge < -0.3 is 45.3 Å². The molecule has 6 aliphatic heterocycles. The molecule has 7 aromatic rings. The van der Waals surface area contributed by atoms with E-state index in [4.69, 9.17) is 41.1 Å². The van der Waals surface area contributed by atoms with Crippen molar-refractivity contribution in [1.29, 1.82) is 0 Å². The van der Waals surface area contributed by atoms with Crippen molar-refractivity contribution in [3.8, 4) is 46.9 Å². The molecule has 0 aliphatic carbocycles. The molecule has 4 unspecified atom stereocenters. The molecule has 0 spiro atoms. The number of rotatable bonds is 12. The zero-order valence-corrected chi connectivity index (χ0v) is 43.6. The third-order valence-corrected chi connectivity index (χ3v) is 15.8. The Kier molecular flexibility index (Phi) is 14.3. The average Bonchev–Trinajstić information content (AvgIpc) is 4.29. The molecule has 5 fully saturated rings. The standard InChI is InChI=1S/C33H31F3N6O2.C23H28N8O4/c1-2-23-26(35)7-4-18-10-22(43)11-24(27(18)23)29-28(36)30-25(13-37-29)31(41-15-20-5-6-21(16-41)38-20)40-32(39-30)44-17-33-8-3-9-42(33)14-19(34)12-33;1-33-19-17(35-10-2-6-30-8-11-34-12-9-30)4-3-16-18(19)28-23(31-7-5-25-20(16)31)29-21(32)15-13-26-22(24)27-14-15/h1,4,7,10-11,13,19-21,38,43H,3,5-6,8-9,12,14-17H2;3-4,13-14,25H,2,5-12H2,1H3,(H2,24,26,27). The van der Waals surface area contributed by atoms with E-state index in [0.29, 0.717) is 91.4 Å². The number of hydrogen-bond donors (Lipinski definition) is 4. The Morgan fingerprint density at radius 3 is 2.57 bits per heavy atom. The highest BCUT2D eigenvalue weighted by Gasteiger charge is 2.49. The van der Waals surface area contributed by atoms with Crippen LogP contribution in [0.1, 0.15) is 54.4 Å². The zero-order valence-electron chi connectivity index (χ0n) is 43.6. The molecule has 410 valence electrons. The number of fused-ring (bicyclic) bond motifs is 8. The van der Waals surface area contributed by atoms with Gasteiger partial charge in [0.25, 0.3) is 5.91 Å². The minimum absolute atomic E-state index is 0.00778. The molecule has 20 nitrogen and oxygen atoms in total. The molecular weight excluding hydrogens is 1020 g/mol. The van der Waals surface area contributed by atoms with Gasteiger partial charge in [-0.15, -0.1) is 6.42 Å². The summed E-state index contributed by atoms with van der Waals surface area (Å²) in [6.07, 6.45) is 14.1. The molecule has 4 atom stereocenters. The molecule has 5 N–H and O–H groups in total. The number of pyridine rings is 1. The molecule has 13 rings (SSSR count). The summed E-state index contributed by atoms with van der Waals surface area (Å²) in [6, 6.07) is 9.91. The summed E-state index contributed by atoms with van der Waals surface area (Å²) in [6.45, 7) is 9.07. The van der Waals surface area contributed by atoms with Crippen molar-refractivity contribution in [2.45, 2.75) is 68.9 Å². The number of methoxy groups -OCH3 is 1. The summed E-state index contributed by atoms with van der Waals surface area (Å²) in [5.74, 6) is 2.86. The maximum absolute atomic E-state index is 16.7. The van der Waals surface area contributed by atoms with Gasteiger partial charge in [0.2, 0.25) is 11.6 Å². The number of nitrogens with zero attached hydrogens (tertiary/aromatic N) is 11. The number of nitrogens with two attached hydrogens (primary N) is 1. The summed E-state index contributed by atoms with van der Waals surface area (Å²) in [7, 11) is 1.58. The minimum atomic E-state index is -0.913. The molecule has 10 heterocycles. The normalized spacial score (nSPS) is 21.9. The highest BCUT2D eigenvalue weighted by Crippen LogP contribution is 2.43. The summed E-state index contributed by atoms with van der Waals surface area (Å²) in [5.41, 5.74) is 6.12. The van der Waals surface area contributed by atoms with E-state index in [0.717, 1.165) is 82.7 Å². The predicted molar refractivity (Wildman–Crippen MR) is 289 cm³/mol. The smallest absolute Gasteiger partial charge is 0.319 e. The third kappa shape index (κ3) is 10.1. The molecule has 79 heavy (non-hydrogen) atoms. The number of phenols is 1. The van der Waals surface area contributed by atoms with Crippen LogP contribution < -0.4 is 41.1 Å². The number of morpholine rings is 1. The molecule has 0 saturated carbocycles. The lowest BCUT2D eigenvalue weighted by molar-refractivity contribution is 0.0357. The number of nitrogens with one attached hydrogen (secondary N) is 2. The average molecular weight is 1080 g/mol. The Balaban J connectivity index is 0.000000162. The maximum atomic E-state index is 16.7. The van der Waals surface area contributed by atoms with Crippen LogP contribution in [0.3, 0.4) is 0 Å². The molecule has 5 saturated heterocycles. The van der Waals surface area contributed by atoms with Gasteiger partial charge in [-0.1, -0.05) is 12.0 Å². The number of carbonyl (C=O) groups is 1. The second kappa shape index (κ2) is 21.7. The van der Waals surface area contributed by atoms with Crippen LogP contribution in [-0.4, -0.2) is 165 Å². The van der Waals surface area contributed by atoms with Crippen LogP contribution in [0.2, 0.25) is 0 Å². The molecule has 3 aromatic carbocycles. The lowest BCUT2D eigenvalue weighted by Crippen LogP contribution is -2.51. The summed E-state index contributed by atoms with van der Waals surface area (Å²) < 4.78 is 71.2. The molecule has 6 aliphatic rings. The van der Waals surface area contributed by atoms with Crippen molar-refractivity contribution >= 4 is 56.1 Å². The van der Waals surface area contributed by atoms with E-state index < -0.39 is 29.3 Å². The lowest BCUT2D eigenvalue weighted by atomic mass is 9.95. The van der Waals surface area contributed by atoms with Gasteiger partial charge >= 0.3 is 6.01 Å². The minimum Gasteiger partial charge on any atom is -0.508 e. The Morgan fingerprint density at radius 1 is 0.975 bits per heavy atom. The van der Waals surface area contributed by atoms with E-state index in [1.807, 2.05) is 16.7 Å². The van der Waals surface area contributed by atoms with Gasteiger partial charge in [-0.05, 0) is 74.4 Å². The first-order valence-corrected chi connectivity index (χ1v) is 26.7. The Bertz CT molecular complexity index is 3600. The van der Waals surface area contributed by atoms with E-state index in [9.17, 15) is 18.7 Å². The van der Waals surface area contributed by atoms with Crippen LogP contribution in [0.25, 0.3) is 43.8 Å². The molecule has 0 radical (unpaired) electrons. The number of halogens is 3. The fraction of sp³-hybridized carbons (Fsp3) is 0.429. The van der Waals surface area contributed by atoms with Gasteiger partial charge in [-0.25, -0.2) is 28.1 Å². The monoisotopic (exact) mass is 1080 g/mol. The first-order valence-electron chi connectivity index (χ1n) is 26.7. The Hall–Kier alpha value is -7.91. The largest absolute Gasteiger partial charge is 0.508 e. The maximum Gasteiger partial charge on any atom is 0.319 e. The topological polar surface area (TPSA) is 229 Å². The summed E-state index contributed by atoms with van der Waals surface area (Å²) >= 11 is 0. The fourth-order valence-electron chi connectivity index (χ4n) is 12.1. The Morgan fingerprint density at radius 2 is 1.78 bits per heavy atom. The highest BCUT2D eigenvalue weighted by molar-refractivity contribution is 6.03. The molecule has 23 heteroatoms. The number of carbonyl (C=O) groups excluding carboxylic acids is 1. The van der Waals surface area contributed by atoms with Crippen LogP contribution in [0.4, 0.5) is 30.8 Å². The van der Waals surface area contributed by atoms with Gasteiger partial charge in [-0.2, -0.15) is 15.0 Å². The van der Waals surface area contributed by atoms with Gasteiger partial charge in [0, 0.05) is 106 Å². The van der Waals surface area contributed by atoms with E-state index in [1.165, 1.54) is 42.9 Å². The zero-order chi connectivity index (χ0) is 54.4. The first kappa shape index (κ1) is 51.8. The van der Waals surface area contributed by atoms with E-state index in [2.05, 4.69) is 56.2 Å². The van der Waals surface area contributed by atoms with Crippen LogP contribution in [0, 0.1) is 24.0 Å². The fourth-order valence-corrected chi connectivity index (χ4v) is 12.1. The Labute approximate surface area is 452 Å². The number of aromatic nitrogens is 7. The number of piperazine rings is 1. The van der Waals surface area contributed by atoms with Crippen LogP contribution in [0.15, 0.2) is 60.0 Å². The van der Waals surface area contributed by atoms with Gasteiger partial charge in [0.15, 0.2) is 17.3 Å². The molecule has 1 amide bonds. The van der Waals surface area contributed by atoms with Crippen LogP contribution >= 0.6 is 0 Å². The number of nitrogen functional groups attached to an aromatic ring is 1. The predicted octanol–water partition coefficient (Wildman–Crippen LogP) is 5.39. The third-order valence-electron chi connectivity index (χ3n) is 15.8. The van der Waals surface area contributed by atoms with Crippen LogP contribution in [0.5, 0.6) is 23.3 Å². The van der Waals surface area contributed by atoms with E-state index in [1.54, 1.807) is 7.11 Å². The lowest BCUT2D eigenvalue weighted by Gasteiger charge is -2.34. The van der Waals surface area contributed by atoms with Crippen molar-refractivity contribution in [3.63, 3.8) is 0 Å². The van der Waals surface area contributed by atoms with Crippen molar-refractivity contribution in [2.75, 3.05) is 102 Å². The van der Waals surface area contributed by atoms with E-state index in [-0.39, 0.29) is 63.2 Å². The SMILES string of the molecule is C#Cc1c(F)ccc2cc(O)cc(-c3ncc4c(N5CC6CCC(C5)N6)nc(OCC56CCCN5CC(F)C6)nc4c3F)c12.COc1c(OCCCN2CCOCC2)ccc2c3n(c(=NC(=O)c4cnc(N)nc4)nc12)CCN3. The number of benzene rings is 3. The summed E-state index contributed by atoms with van der Waals surface area (Å²) in [5, 5.41) is 19.5. The number of amides is 1. The van der Waals surface area contributed by atoms with Crippen LogP contribution in [-0.2, 0) is 11.3 Å².